The lowest BCUT2D eigenvalue weighted by Crippen LogP contribution is -2.41. The van der Waals surface area contributed by atoms with Crippen LogP contribution >= 0.6 is 0 Å². The van der Waals surface area contributed by atoms with Crippen LogP contribution in [0.4, 0.5) is 0 Å². The van der Waals surface area contributed by atoms with Gasteiger partial charge in [-0.1, -0.05) is 6.42 Å². The first-order valence-corrected chi connectivity index (χ1v) is 7.70. The number of aryl methyl sites for hydroxylation is 1. The fraction of sp³-hybridized carbons (Fsp3) is 0.800. The van der Waals surface area contributed by atoms with Crippen molar-refractivity contribution in [1.82, 2.24) is 20.4 Å². The van der Waals surface area contributed by atoms with E-state index in [1.165, 1.54) is 49.9 Å². The molecule has 1 aromatic heterocycles. The molecule has 2 N–H and O–H groups in total. The van der Waals surface area contributed by atoms with E-state index in [2.05, 4.69) is 22.7 Å². The van der Waals surface area contributed by atoms with E-state index < -0.39 is 0 Å². The molecule has 0 radical (unpaired) electrons. The Labute approximate surface area is 116 Å². The van der Waals surface area contributed by atoms with Crippen molar-refractivity contribution in [2.45, 2.75) is 57.7 Å². The lowest BCUT2D eigenvalue weighted by molar-refractivity contribution is 0.319. The summed E-state index contributed by atoms with van der Waals surface area (Å²) in [7, 11) is 2.01. The molecule has 0 spiro atoms. The Bertz CT molecular complexity index is 420. The molecule has 19 heavy (non-hydrogen) atoms. The molecule has 2 aliphatic rings. The highest BCUT2D eigenvalue weighted by atomic mass is 15.3. The zero-order valence-electron chi connectivity index (χ0n) is 12.2. The van der Waals surface area contributed by atoms with Crippen molar-refractivity contribution in [3.05, 3.63) is 17.5 Å². The molecule has 0 bridgehead atoms. The topological polar surface area (TPSA) is 41.9 Å². The highest BCUT2D eigenvalue weighted by molar-refractivity contribution is 5.15. The molecule has 4 heteroatoms. The Morgan fingerprint density at radius 3 is 2.95 bits per heavy atom. The van der Waals surface area contributed by atoms with Crippen LogP contribution in [0, 0.1) is 12.8 Å². The molecule has 3 rings (SSSR count). The summed E-state index contributed by atoms with van der Waals surface area (Å²) in [5.74, 6) is 0.833. The van der Waals surface area contributed by atoms with Crippen molar-refractivity contribution in [1.29, 1.82) is 0 Å². The van der Waals surface area contributed by atoms with E-state index in [0.717, 1.165) is 18.5 Å². The van der Waals surface area contributed by atoms with E-state index in [4.69, 9.17) is 0 Å². The molecule has 2 heterocycles. The van der Waals surface area contributed by atoms with E-state index in [-0.39, 0.29) is 0 Å². The Balaban J connectivity index is 1.58. The summed E-state index contributed by atoms with van der Waals surface area (Å²) in [6, 6.07) is 1.45. The molecule has 1 saturated heterocycles. The van der Waals surface area contributed by atoms with Crippen LogP contribution in [0.3, 0.4) is 0 Å². The third-order valence-corrected chi connectivity index (χ3v) is 5.08. The molecule has 0 aromatic carbocycles. The SMILES string of the molecule is Cc1c(CNC2CCCC2C2CCCN2)cnn1C. The van der Waals surface area contributed by atoms with Crippen molar-refractivity contribution in [3.63, 3.8) is 0 Å². The average molecular weight is 262 g/mol. The number of aromatic nitrogens is 2. The highest BCUT2D eigenvalue weighted by Gasteiger charge is 2.34. The van der Waals surface area contributed by atoms with Gasteiger partial charge in [0.2, 0.25) is 0 Å². The van der Waals surface area contributed by atoms with E-state index >= 15 is 0 Å². The van der Waals surface area contributed by atoms with Gasteiger partial charge in [0.1, 0.15) is 0 Å². The second kappa shape index (κ2) is 5.63. The summed E-state index contributed by atoms with van der Waals surface area (Å²) in [5, 5.41) is 11.8. The molecule has 3 unspecified atom stereocenters. The predicted molar refractivity (Wildman–Crippen MR) is 76.9 cm³/mol. The first-order chi connectivity index (χ1) is 9.25. The maximum Gasteiger partial charge on any atom is 0.0537 e. The minimum Gasteiger partial charge on any atom is -0.314 e. The largest absolute Gasteiger partial charge is 0.314 e. The van der Waals surface area contributed by atoms with Crippen molar-refractivity contribution < 1.29 is 0 Å². The van der Waals surface area contributed by atoms with Crippen molar-refractivity contribution in [2.24, 2.45) is 13.0 Å². The van der Waals surface area contributed by atoms with Crippen LogP contribution in [0.25, 0.3) is 0 Å². The number of nitrogens with zero attached hydrogens (tertiary/aromatic N) is 2. The average Bonchev–Trinajstić information content (AvgIpc) is 3.11. The van der Waals surface area contributed by atoms with Gasteiger partial charge in [0.15, 0.2) is 0 Å². The standard InChI is InChI=1S/C15H26N4/c1-11-12(10-18-19(11)2)9-17-15-6-3-5-13(15)14-7-4-8-16-14/h10,13-17H,3-9H2,1-2H3. The van der Waals surface area contributed by atoms with Crippen LogP contribution in [-0.2, 0) is 13.6 Å². The summed E-state index contributed by atoms with van der Waals surface area (Å²) in [6.07, 6.45) is 8.83. The number of nitrogens with one attached hydrogen (secondary N) is 2. The number of hydrogen-bond acceptors (Lipinski definition) is 3. The predicted octanol–water partition coefficient (Wildman–Crippen LogP) is 1.74. The third-order valence-electron chi connectivity index (χ3n) is 5.08. The van der Waals surface area contributed by atoms with E-state index in [0.29, 0.717) is 6.04 Å². The zero-order valence-corrected chi connectivity index (χ0v) is 12.2. The molecule has 2 fully saturated rings. The molecule has 1 aliphatic heterocycles. The van der Waals surface area contributed by atoms with Gasteiger partial charge in [-0.2, -0.15) is 5.10 Å². The van der Waals surface area contributed by atoms with Crippen LogP contribution in [0.15, 0.2) is 6.20 Å². The maximum atomic E-state index is 4.32. The minimum atomic E-state index is 0.690. The first-order valence-electron chi connectivity index (χ1n) is 7.70. The van der Waals surface area contributed by atoms with Gasteiger partial charge in [0.05, 0.1) is 6.20 Å². The fourth-order valence-corrected chi connectivity index (χ4v) is 3.76. The van der Waals surface area contributed by atoms with Gasteiger partial charge >= 0.3 is 0 Å². The summed E-state index contributed by atoms with van der Waals surface area (Å²) in [6.45, 7) is 4.33. The van der Waals surface area contributed by atoms with Crippen molar-refractivity contribution >= 4 is 0 Å². The summed E-state index contributed by atoms with van der Waals surface area (Å²) in [5.41, 5.74) is 2.62. The summed E-state index contributed by atoms with van der Waals surface area (Å²) >= 11 is 0. The lowest BCUT2D eigenvalue weighted by atomic mass is 9.93. The molecule has 106 valence electrons. The van der Waals surface area contributed by atoms with Gasteiger partial charge in [0, 0.05) is 36.9 Å². The molecule has 3 atom stereocenters. The van der Waals surface area contributed by atoms with Crippen molar-refractivity contribution in [2.75, 3.05) is 6.54 Å². The second-order valence-electron chi connectivity index (χ2n) is 6.16. The van der Waals surface area contributed by atoms with Crippen LogP contribution < -0.4 is 10.6 Å². The van der Waals surface area contributed by atoms with Gasteiger partial charge in [-0.25, -0.2) is 0 Å². The molecule has 1 aromatic rings. The van der Waals surface area contributed by atoms with Crippen LogP contribution in [0.2, 0.25) is 0 Å². The quantitative estimate of drug-likeness (QED) is 0.868. The van der Waals surface area contributed by atoms with E-state index in [9.17, 15) is 0 Å². The zero-order chi connectivity index (χ0) is 13.2. The van der Waals surface area contributed by atoms with E-state index in [1.807, 2.05) is 17.9 Å². The maximum absolute atomic E-state index is 4.32. The van der Waals surface area contributed by atoms with Gasteiger partial charge in [-0.05, 0) is 45.1 Å². The van der Waals surface area contributed by atoms with E-state index in [1.54, 1.807) is 0 Å². The molecule has 1 aliphatic carbocycles. The van der Waals surface area contributed by atoms with Gasteiger partial charge in [-0.15, -0.1) is 0 Å². The van der Waals surface area contributed by atoms with Gasteiger partial charge < -0.3 is 10.6 Å². The molecular formula is C15H26N4. The molecule has 0 amide bonds. The monoisotopic (exact) mass is 262 g/mol. The van der Waals surface area contributed by atoms with Gasteiger partial charge in [-0.3, -0.25) is 4.68 Å². The first kappa shape index (κ1) is 13.1. The number of hydrogen-bond donors (Lipinski definition) is 2. The Kier molecular flexibility index (Phi) is 3.89. The number of rotatable bonds is 4. The smallest absolute Gasteiger partial charge is 0.0537 e. The second-order valence-corrected chi connectivity index (χ2v) is 6.16. The third kappa shape index (κ3) is 2.70. The Morgan fingerprint density at radius 1 is 1.37 bits per heavy atom. The van der Waals surface area contributed by atoms with Crippen LogP contribution in [0.1, 0.15) is 43.4 Å². The lowest BCUT2D eigenvalue weighted by Gasteiger charge is -2.26. The summed E-state index contributed by atoms with van der Waals surface area (Å²) < 4.78 is 1.96. The normalized spacial score (nSPS) is 31.2. The van der Waals surface area contributed by atoms with Crippen molar-refractivity contribution in [3.8, 4) is 0 Å². The minimum absolute atomic E-state index is 0.690. The molecular weight excluding hydrogens is 236 g/mol. The van der Waals surface area contributed by atoms with Crippen LogP contribution in [-0.4, -0.2) is 28.4 Å². The fourth-order valence-electron chi connectivity index (χ4n) is 3.76. The Hall–Kier alpha value is -0.870. The molecule has 4 nitrogen and oxygen atoms in total. The van der Waals surface area contributed by atoms with Crippen LogP contribution in [0.5, 0.6) is 0 Å². The van der Waals surface area contributed by atoms with Gasteiger partial charge in [0.25, 0.3) is 0 Å². The Morgan fingerprint density at radius 2 is 2.26 bits per heavy atom. The summed E-state index contributed by atoms with van der Waals surface area (Å²) in [4.78, 5) is 0. The highest BCUT2D eigenvalue weighted by Crippen LogP contribution is 2.32. The molecule has 1 saturated carbocycles.